The summed E-state index contributed by atoms with van der Waals surface area (Å²) < 4.78 is 5.08. The van der Waals surface area contributed by atoms with Crippen molar-refractivity contribution in [2.75, 3.05) is 24.6 Å². The Bertz CT molecular complexity index is 478. The van der Waals surface area contributed by atoms with E-state index in [1.54, 1.807) is 12.3 Å². The summed E-state index contributed by atoms with van der Waals surface area (Å²) in [6.45, 7) is 3.81. The number of hydrogen-bond acceptors (Lipinski definition) is 5. The average Bonchev–Trinajstić information content (AvgIpc) is 2.48. The first-order chi connectivity index (χ1) is 9.24. The summed E-state index contributed by atoms with van der Waals surface area (Å²) >= 11 is 0. The van der Waals surface area contributed by atoms with Gasteiger partial charge in [-0.05, 0) is 31.9 Å². The maximum atomic E-state index is 11.8. The summed E-state index contributed by atoms with van der Waals surface area (Å²) in [7, 11) is 0. The summed E-state index contributed by atoms with van der Waals surface area (Å²) in [5.74, 6) is -0.182. The van der Waals surface area contributed by atoms with Crippen LogP contribution in [0.3, 0.4) is 0 Å². The summed E-state index contributed by atoms with van der Waals surface area (Å²) in [4.78, 5) is 18.0. The predicted octanol–water partition coefficient (Wildman–Crippen LogP) is 1.73. The number of aromatic nitrogens is 1. The number of anilines is 1. The molecule has 0 aliphatic carbocycles. The molecular weight excluding hydrogens is 242 g/mol. The van der Waals surface area contributed by atoms with Gasteiger partial charge in [-0.1, -0.05) is 0 Å². The highest BCUT2D eigenvalue weighted by atomic mass is 16.5. The van der Waals surface area contributed by atoms with Crippen molar-refractivity contribution in [2.24, 2.45) is 5.92 Å². The van der Waals surface area contributed by atoms with Crippen LogP contribution >= 0.6 is 0 Å². The van der Waals surface area contributed by atoms with Gasteiger partial charge in [0.15, 0.2) is 0 Å². The third kappa shape index (κ3) is 3.22. The molecule has 2 heterocycles. The molecule has 19 heavy (non-hydrogen) atoms. The number of esters is 1. The van der Waals surface area contributed by atoms with Crippen molar-refractivity contribution in [1.82, 2.24) is 4.98 Å². The fraction of sp³-hybridized carbons (Fsp3) is 0.500. The van der Waals surface area contributed by atoms with Gasteiger partial charge in [-0.15, -0.1) is 0 Å². The lowest BCUT2D eigenvalue weighted by atomic mass is 9.98. The van der Waals surface area contributed by atoms with Crippen LogP contribution < -0.4 is 4.90 Å². The first-order valence-electron chi connectivity index (χ1n) is 6.52. The van der Waals surface area contributed by atoms with Gasteiger partial charge in [0.05, 0.1) is 24.4 Å². The van der Waals surface area contributed by atoms with E-state index in [-0.39, 0.29) is 11.9 Å². The molecule has 0 radical (unpaired) electrons. The van der Waals surface area contributed by atoms with Crippen LogP contribution in [0.4, 0.5) is 5.69 Å². The number of pyridine rings is 1. The van der Waals surface area contributed by atoms with E-state index in [0.29, 0.717) is 18.8 Å². The fourth-order valence-corrected chi connectivity index (χ4v) is 2.30. The van der Waals surface area contributed by atoms with Crippen LogP contribution in [0.15, 0.2) is 18.3 Å². The Hall–Kier alpha value is -2.09. The minimum absolute atomic E-state index is 0.0654. The molecule has 0 aromatic carbocycles. The Morgan fingerprint density at radius 1 is 1.63 bits per heavy atom. The van der Waals surface area contributed by atoms with E-state index in [1.165, 1.54) is 0 Å². The van der Waals surface area contributed by atoms with Gasteiger partial charge in [-0.2, -0.15) is 5.26 Å². The van der Waals surface area contributed by atoms with E-state index in [0.717, 1.165) is 25.1 Å². The topological polar surface area (TPSA) is 66.2 Å². The minimum Gasteiger partial charge on any atom is -0.466 e. The van der Waals surface area contributed by atoms with Gasteiger partial charge in [0.2, 0.25) is 0 Å². The monoisotopic (exact) mass is 259 g/mol. The van der Waals surface area contributed by atoms with Crippen LogP contribution in [0.1, 0.15) is 25.5 Å². The van der Waals surface area contributed by atoms with Gasteiger partial charge in [0, 0.05) is 13.1 Å². The quantitative estimate of drug-likeness (QED) is 0.773. The lowest BCUT2D eigenvalue weighted by molar-refractivity contribution is -0.148. The lowest BCUT2D eigenvalue weighted by Crippen LogP contribution is -2.39. The molecule has 0 amide bonds. The van der Waals surface area contributed by atoms with Crippen molar-refractivity contribution in [2.45, 2.75) is 19.8 Å². The molecule has 1 aliphatic rings. The molecule has 2 rings (SSSR count). The van der Waals surface area contributed by atoms with E-state index in [4.69, 9.17) is 10.00 Å². The Kier molecular flexibility index (Phi) is 4.35. The second-order valence-corrected chi connectivity index (χ2v) is 4.55. The highest BCUT2D eigenvalue weighted by Gasteiger charge is 2.27. The normalized spacial score (nSPS) is 18.7. The standard InChI is InChI=1S/C14H17N3O2/c1-2-19-14(18)11-4-3-7-17(10-11)13-6-5-12(8-15)16-9-13/h5-6,9,11H,2-4,7,10H2,1H3. The van der Waals surface area contributed by atoms with Gasteiger partial charge >= 0.3 is 5.97 Å². The lowest BCUT2D eigenvalue weighted by Gasteiger charge is -2.32. The molecule has 1 atom stereocenters. The number of carbonyl (C=O) groups excluding carboxylic acids is 1. The molecule has 0 N–H and O–H groups in total. The Balaban J connectivity index is 2.04. The fourth-order valence-electron chi connectivity index (χ4n) is 2.30. The molecular formula is C14H17N3O2. The van der Waals surface area contributed by atoms with Gasteiger partial charge < -0.3 is 9.64 Å². The van der Waals surface area contributed by atoms with Crippen molar-refractivity contribution in [3.05, 3.63) is 24.0 Å². The third-order valence-electron chi connectivity index (χ3n) is 3.27. The zero-order valence-electron chi connectivity index (χ0n) is 11.0. The SMILES string of the molecule is CCOC(=O)C1CCCN(c2ccc(C#N)nc2)C1. The molecule has 5 nitrogen and oxygen atoms in total. The molecule has 1 aromatic rings. The summed E-state index contributed by atoms with van der Waals surface area (Å²) in [6.07, 6.45) is 3.52. The zero-order valence-corrected chi connectivity index (χ0v) is 11.0. The average molecular weight is 259 g/mol. The smallest absolute Gasteiger partial charge is 0.310 e. The Labute approximate surface area is 112 Å². The van der Waals surface area contributed by atoms with Crippen LogP contribution in [-0.2, 0) is 9.53 Å². The maximum absolute atomic E-state index is 11.8. The largest absolute Gasteiger partial charge is 0.466 e. The highest BCUT2D eigenvalue weighted by Crippen LogP contribution is 2.23. The van der Waals surface area contributed by atoms with Crippen LogP contribution in [0.25, 0.3) is 0 Å². The van der Waals surface area contributed by atoms with Crippen molar-refractivity contribution in [1.29, 1.82) is 5.26 Å². The van der Waals surface area contributed by atoms with Gasteiger partial charge in [0.1, 0.15) is 11.8 Å². The number of hydrogen-bond donors (Lipinski definition) is 0. The molecule has 1 saturated heterocycles. The number of piperidine rings is 1. The number of ether oxygens (including phenoxy) is 1. The first-order valence-corrected chi connectivity index (χ1v) is 6.52. The van der Waals surface area contributed by atoms with Crippen molar-refractivity contribution >= 4 is 11.7 Å². The number of nitriles is 1. The third-order valence-corrected chi connectivity index (χ3v) is 3.27. The molecule has 0 bridgehead atoms. The molecule has 1 unspecified atom stereocenters. The second kappa shape index (κ2) is 6.19. The van der Waals surface area contributed by atoms with Gasteiger partial charge in [-0.3, -0.25) is 4.79 Å². The summed E-state index contributed by atoms with van der Waals surface area (Å²) in [5.41, 5.74) is 1.36. The van der Waals surface area contributed by atoms with E-state index < -0.39 is 0 Å². The van der Waals surface area contributed by atoms with E-state index in [1.807, 2.05) is 19.1 Å². The van der Waals surface area contributed by atoms with Crippen LogP contribution in [-0.4, -0.2) is 30.6 Å². The summed E-state index contributed by atoms with van der Waals surface area (Å²) in [6, 6.07) is 5.57. The number of carbonyl (C=O) groups is 1. The predicted molar refractivity (Wildman–Crippen MR) is 70.5 cm³/mol. The van der Waals surface area contributed by atoms with Crippen molar-refractivity contribution in [3.8, 4) is 6.07 Å². The Morgan fingerprint density at radius 3 is 3.11 bits per heavy atom. The van der Waals surface area contributed by atoms with E-state index in [9.17, 15) is 4.79 Å². The van der Waals surface area contributed by atoms with Crippen LogP contribution in [0.5, 0.6) is 0 Å². The molecule has 1 aliphatic heterocycles. The van der Waals surface area contributed by atoms with Gasteiger partial charge in [-0.25, -0.2) is 4.98 Å². The molecule has 100 valence electrons. The van der Waals surface area contributed by atoms with Crippen molar-refractivity contribution in [3.63, 3.8) is 0 Å². The summed E-state index contributed by atoms with van der Waals surface area (Å²) in [5, 5.41) is 8.73. The van der Waals surface area contributed by atoms with E-state index >= 15 is 0 Å². The Morgan fingerprint density at radius 2 is 2.47 bits per heavy atom. The van der Waals surface area contributed by atoms with Crippen LogP contribution in [0.2, 0.25) is 0 Å². The maximum Gasteiger partial charge on any atom is 0.310 e. The second-order valence-electron chi connectivity index (χ2n) is 4.55. The number of rotatable bonds is 3. The molecule has 5 heteroatoms. The molecule has 0 spiro atoms. The molecule has 1 fully saturated rings. The van der Waals surface area contributed by atoms with Crippen LogP contribution in [0, 0.1) is 17.2 Å². The van der Waals surface area contributed by atoms with Gasteiger partial charge in [0.25, 0.3) is 0 Å². The first kappa shape index (κ1) is 13.3. The minimum atomic E-state index is -0.117. The highest BCUT2D eigenvalue weighted by molar-refractivity contribution is 5.73. The molecule has 1 aromatic heterocycles. The molecule has 0 saturated carbocycles. The number of nitrogens with zero attached hydrogens (tertiary/aromatic N) is 3. The zero-order chi connectivity index (χ0) is 13.7. The van der Waals surface area contributed by atoms with Crippen molar-refractivity contribution < 1.29 is 9.53 Å². The van der Waals surface area contributed by atoms with E-state index in [2.05, 4.69) is 9.88 Å².